The summed E-state index contributed by atoms with van der Waals surface area (Å²) in [5.74, 6) is 0.931. The molecule has 6 nitrogen and oxygen atoms in total. The Bertz CT molecular complexity index is 829. The summed E-state index contributed by atoms with van der Waals surface area (Å²) in [5.41, 5.74) is 6.44. The van der Waals surface area contributed by atoms with Gasteiger partial charge in [-0.1, -0.05) is 5.16 Å². The number of hydrogen-bond donors (Lipinski definition) is 1. The molecule has 0 aliphatic carbocycles. The molecule has 1 N–H and O–H groups in total. The first kappa shape index (κ1) is 16.6. The van der Waals surface area contributed by atoms with Gasteiger partial charge in [0, 0.05) is 35.1 Å². The number of aromatic nitrogens is 4. The van der Waals surface area contributed by atoms with Crippen molar-refractivity contribution in [3.05, 3.63) is 46.2 Å². The second-order valence-electron chi connectivity index (χ2n) is 6.44. The van der Waals surface area contributed by atoms with E-state index < -0.39 is 0 Å². The number of fused-ring (bicyclic) bond motifs is 1. The van der Waals surface area contributed by atoms with E-state index in [1.807, 2.05) is 37.5 Å². The summed E-state index contributed by atoms with van der Waals surface area (Å²) in [4.78, 5) is 4.52. The van der Waals surface area contributed by atoms with Crippen molar-refractivity contribution in [3.63, 3.8) is 0 Å². The maximum Gasteiger partial charge on any atom is 0.155 e. The van der Waals surface area contributed by atoms with Crippen molar-refractivity contribution in [2.45, 2.75) is 53.5 Å². The van der Waals surface area contributed by atoms with Gasteiger partial charge < -0.3 is 9.84 Å². The van der Waals surface area contributed by atoms with Gasteiger partial charge in [-0.05, 0) is 54.0 Å². The molecule has 128 valence electrons. The number of rotatable bonds is 6. The Kier molecular flexibility index (Phi) is 4.66. The van der Waals surface area contributed by atoms with Gasteiger partial charge in [0.05, 0.1) is 11.4 Å². The molecule has 24 heavy (non-hydrogen) atoms. The van der Waals surface area contributed by atoms with Crippen LogP contribution in [-0.4, -0.2) is 26.3 Å². The van der Waals surface area contributed by atoms with Crippen LogP contribution in [0.1, 0.15) is 53.4 Å². The van der Waals surface area contributed by atoms with Gasteiger partial charge in [-0.15, -0.1) is 0 Å². The van der Waals surface area contributed by atoms with Crippen molar-refractivity contribution in [2.75, 3.05) is 6.54 Å². The first-order valence-electron chi connectivity index (χ1n) is 8.44. The summed E-state index contributed by atoms with van der Waals surface area (Å²) in [6.07, 6.45) is 3.98. The largest absolute Gasteiger partial charge is 0.361 e. The zero-order valence-electron chi connectivity index (χ0n) is 15.1. The Balaban J connectivity index is 1.61. The van der Waals surface area contributed by atoms with Crippen LogP contribution in [0.25, 0.3) is 5.65 Å². The Labute approximate surface area is 142 Å². The molecule has 0 radical (unpaired) electrons. The van der Waals surface area contributed by atoms with Gasteiger partial charge in [-0.3, -0.25) is 0 Å². The molecule has 3 aromatic rings. The molecule has 0 aliphatic rings. The maximum absolute atomic E-state index is 5.21. The van der Waals surface area contributed by atoms with Crippen molar-refractivity contribution >= 4 is 5.65 Å². The van der Waals surface area contributed by atoms with E-state index >= 15 is 0 Å². The predicted molar refractivity (Wildman–Crippen MR) is 93.2 cm³/mol. The second-order valence-corrected chi connectivity index (χ2v) is 6.44. The van der Waals surface area contributed by atoms with Crippen LogP contribution in [0.5, 0.6) is 0 Å². The minimum Gasteiger partial charge on any atom is -0.361 e. The van der Waals surface area contributed by atoms with E-state index in [1.165, 1.54) is 11.1 Å². The first-order chi connectivity index (χ1) is 11.5. The molecule has 0 saturated carbocycles. The predicted octanol–water partition coefficient (Wildman–Crippen LogP) is 3.23. The molecule has 0 spiro atoms. The lowest BCUT2D eigenvalue weighted by molar-refractivity contribution is 0.392. The van der Waals surface area contributed by atoms with Gasteiger partial charge in [0.15, 0.2) is 5.65 Å². The minimum absolute atomic E-state index is 0.232. The molecule has 3 heterocycles. The Morgan fingerprint density at radius 2 is 2.04 bits per heavy atom. The summed E-state index contributed by atoms with van der Waals surface area (Å²) in [6.45, 7) is 11.2. The third kappa shape index (κ3) is 3.19. The highest BCUT2D eigenvalue weighted by molar-refractivity contribution is 5.42. The van der Waals surface area contributed by atoms with E-state index in [0.29, 0.717) is 0 Å². The quantitative estimate of drug-likeness (QED) is 0.704. The van der Waals surface area contributed by atoms with E-state index in [0.717, 1.165) is 47.9 Å². The summed E-state index contributed by atoms with van der Waals surface area (Å²) < 4.78 is 7.14. The third-order valence-corrected chi connectivity index (χ3v) is 4.59. The van der Waals surface area contributed by atoms with Gasteiger partial charge in [-0.25, -0.2) is 9.50 Å². The van der Waals surface area contributed by atoms with E-state index in [9.17, 15) is 0 Å². The smallest absolute Gasteiger partial charge is 0.155 e. The van der Waals surface area contributed by atoms with Crippen LogP contribution in [0.2, 0.25) is 0 Å². The molecular formula is C18H25N5O. The van der Waals surface area contributed by atoms with Gasteiger partial charge in [0.25, 0.3) is 0 Å². The van der Waals surface area contributed by atoms with Crippen molar-refractivity contribution in [1.82, 2.24) is 25.1 Å². The molecule has 0 aromatic carbocycles. The van der Waals surface area contributed by atoms with Crippen LogP contribution in [0.15, 0.2) is 16.8 Å². The lowest BCUT2D eigenvalue weighted by Gasteiger charge is -2.16. The van der Waals surface area contributed by atoms with Crippen LogP contribution in [0, 0.1) is 27.7 Å². The van der Waals surface area contributed by atoms with Gasteiger partial charge in [0.1, 0.15) is 5.76 Å². The highest BCUT2D eigenvalue weighted by Gasteiger charge is 2.13. The van der Waals surface area contributed by atoms with E-state index in [4.69, 9.17) is 4.52 Å². The zero-order chi connectivity index (χ0) is 17.3. The molecule has 0 amide bonds. The van der Waals surface area contributed by atoms with E-state index in [1.54, 1.807) is 0 Å². The van der Waals surface area contributed by atoms with Crippen molar-refractivity contribution in [3.8, 4) is 0 Å². The fraction of sp³-hybridized carbons (Fsp3) is 0.500. The van der Waals surface area contributed by atoms with Crippen LogP contribution < -0.4 is 5.32 Å². The normalized spacial score (nSPS) is 12.9. The third-order valence-electron chi connectivity index (χ3n) is 4.59. The second kappa shape index (κ2) is 6.73. The number of nitrogens with one attached hydrogen (secondary N) is 1. The Hall–Kier alpha value is -2.21. The molecule has 0 saturated heterocycles. The molecule has 0 fully saturated rings. The van der Waals surface area contributed by atoms with Crippen LogP contribution in [-0.2, 0) is 6.42 Å². The topological polar surface area (TPSA) is 68.2 Å². The molecule has 6 heteroatoms. The highest BCUT2D eigenvalue weighted by atomic mass is 16.5. The summed E-state index contributed by atoms with van der Waals surface area (Å²) >= 11 is 0. The van der Waals surface area contributed by atoms with Gasteiger partial charge in [-0.2, -0.15) is 5.10 Å². The van der Waals surface area contributed by atoms with Crippen molar-refractivity contribution in [1.29, 1.82) is 0 Å². The number of hydrogen-bond acceptors (Lipinski definition) is 5. The molecule has 0 unspecified atom stereocenters. The van der Waals surface area contributed by atoms with Crippen LogP contribution in [0.4, 0.5) is 0 Å². The van der Waals surface area contributed by atoms with E-state index in [-0.39, 0.29) is 6.04 Å². The Morgan fingerprint density at radius 3 is 2.75 bits per heavy atom. The van der Waals surface area contributed by atoms with Crippen LogP contribution in [0.3, 0.4) is 0 Å². The molecule has 3 aromatic heterocycles. The summed E-state index contributed by atoms with van der Waals surface area (Å²) in [6, 6.07) is 2.23. The SMILES string of the molecule is Cc1cc2ncc([C@@H](C)NCCCc3c(C)noc3C)c(C)n2n1. The molecule has 1 atom stereocenters. The molecule has 0 bridgehead atoms. The van der Waals surface area contributed by atoms with Crippen molar-refractivity contribution in [2.24, 2.45) is 0 Å². The number of aryl methyl sites for hydroxylation is 4. The van der Waals surface area contributed by atoms with E-state index in [2.05, 4.69) is 34.4 Å². The Morgan fingerprint density at radius 1 is 1.25 bits per heavy atom. The van der Waals surface area contributed by atoms with Gasteiger partial charge >= 0.3 is 0 Å². The maximum atomic E-state index is 5.21. The molecular weight excluding hydrogens is 302 g/mol. The fourth-order valence-electron chi connectivity index (χ4n) is 3.15. The van der Waals surface area contributed by atoms with Crippen LogP contribution >= 0.6 is 0 Å². The highest BCUT2D eigenvalue weighted by Crippen LogP contribution is 2.18. The average molecular weight is 327 g/mol. The van der Waals surface area contributed by atoms with Crippen molar-refractivity contribution < 1.29 is 4.52 Å². The average Bonchev–Trinajstić information content (AvgIpc) is 3.07. The number of nitrogens with zero attached hydrogens (tertiary/aromatic N) is 4. The monoisotopic (exact) mass is 327 g/mol. The molecule has 0 aliphatic heterocycles. The summed E-state index contributed by atoms with van der Waals surface area (Å²) in [7, 11) is 0. The molecule has 3 rings (SSSR count). The fourth-order valence-corrected chi connectivity index (χ4v) is 3.15. The first-order valence-corrected chi connectivity index (χ1v) is 8.44. The summed E-state index contributed by atoms with van der Waals surface area (Å²) in [5, 5.41) is 12.1. The van der Waals surface area contributed by atoms with Gasteiger partial charge in [0.2, 0.25) is 0 Å². The minimum atomic E-state index is 0.232. The lowest BCUT2D eigenvalue weighted by atomic mass is 10.1. The lowest BCUT2D eigenvalue weighted by Crippen LogP contribution is -2.22. The standard InChI is InChI=1S/C18H25N5O/c1-11-9-18-20-10-17(14(4)23(18)21-11)12(2)19-8-6-7-16-13(3)22-24-15(16)5/h9-10,12,19H,6-8H2,1-5H3/t12-/m1/s1. The zero-order valence-corrected chi connectivity index (χ0v) is 15.1.